The SMILES string of the molecule is Nc1ccc(N(O)/C=C2\C=CC=CC2=O)cc1. The van der Waals surface area contributed by atoms with Gasteiger partial charge in [-0.3, -0.25) is 10.0 Å². The molecule has 2 rings (SSSR count). The molecule has 0 fully saturated rings. The van der Waals surface area contributed by atoms with Crippen molar-refractivity contribution in [3.8, 4) is 0 Å². The lowest BCUT2D eigenvalue weighted by Gasteiger charge is -2.13. The van der Waals surface area contributed by atoms with Crippen molar-refractivity contribution in [2.75, 3.05) is 10.8 Å². The van der Waals surface area contributed by atoms with Gasteiger partial charge in [0.25, 0.3) is 0 Å². The molecule has 0 atom stereocenters. The van der Waals surface area contributed by atoms with Gasteiger partial charge < -0.3 is 5.73 Å². The van der Waals surface area contributed by atoms with Crippen molar-refractivity contribution in [1.82, 2.24) is 0 Å². The lowest BCUT2D eigenvalue weighted by atomic mass is 10.1. The fourth-order valence-corrected chi connectivity index (χ4v) is 1.42. The first-order valence-corrected chi connectivity index (χ1v) is 5.11. The third-order valence-corrected chi connectivity index (χ3v) is 2.34. The summed E-state index contributed by atoms with van der Waals surface area (Å²) in [6.45, 7) is 0. The quantitative estimate of drug-likeness (QED) is 0.462. The van der Waals surface area contributed by atoms with Gasteiger partial charge in [0, 0.05) is 17.5 Å². The van der Waals surface area contributed by atoms with Gasteiger partial charge in [0.05, 0.1) is 5.69 Å². The first kappa shape index (κ1) is 11.2. The van der Waals surface area contributed by atoms with E-state index in [9.17, 15) is 10.0 Å². The van der Waals surface area contributed by atoms with Crippen LogP contribution in [0.5, 0.6) is 0 Å². The first-order chi connectivity index (χ1) is 8.16. The average Bonchev–Trinajstić information content (AvgIpc) is 2.33. The molecule has 0 aromatic heterocycles. The summed E-state index contributed by atoms with van der Waals surface area (Å²) >= 11 is 0. The Kier molecular flexibility index (Phi) is 3.07. The molecule has 0 spiro atoms. The molecule has 0 bridgehead atoms. The van der Waals surface area contributed by atoms with Gasteiger partial charge in [0.15, 0.2) is 5.78 Å². The number of hydrogen-bond donors (Lipinski definition) is 2. The standard InChI is InChI=1S/C13H12N2O2/c14-11-5-7-12(8-6-11)15(17)9-10-3-1-2-4-13(10)16/h1-9,17H,14H2/b10-9+. The Morgan fingerprint density at radius 3 is 2.41 bits per heavy atom. The zero-order chi connectivity index (χ0) is 12.3. The van der Waals surface area contributed by atoms with Crippen molar-refractivity contribution in [2.24, 2.45) is 0 Å². The van der Waals surface area contributed by atoms with E-state index >= 15 is 0 Å². The number of carbonyl (C=O) groups excluding carboxylic acids is 1. The van der Waals surface area contributed by atoms with Crippen molar-refractivity contribution in [3.05, 3.63) is 60.3 Å². The van der Waals surface area contributed by atoms with Gasteiger partial charge in [-0.2, -0.15) is 0 Å². The second-order valence-electron chi connectivity index (χ2n) is 3.60. The minimum absolute atomic E-state index is 0.137. The maximum absolute atomic E-state index is 11.5. The summed E-state index contributed by atoms with van der Waals surface area (Å²) in [6.07, 6.45) is 7.86. The molecular weight excluding hydrogens is 216 g/mol. The number of ketones is 1. The predicted molar refractivity (Wildman–Crippen MR) is 66.5 cm³/mol. The number of rotatable bonds is 2. The molecule has 0 radical (unpaired) electrons. The van der Waals surface area contributed by atoms with Crippen LogP contribution < -0.4 is 10.8 Å². The van der Waals surface area contributed by atoms with Crippen molar-refractivity contribution < 1.29 is 10.0 Å². The van der Waals surface area contributed by atoms with E-state index < -0.39 is 0 Å². The van der Waals surface area contributed by atoms with E-state index in [2.05, 4.69) is 0 Å². The van der Waals surface area contributed by atoms with Gasteiger partial charge in [-0.15, -0.1) is 0 Å². The van der Waals surface area contributed by atoms with Gasteiger partial charge in [-0.05, 0) is 36.4 Å². The molecule has 0 unspecified atom stereocenters. The molecule has 4 nitrogen and oxygen atoms in total. The van der Waals surface area contributed by atoms with Gasteiger partial charge in [-0.25, -0.2) is 5.06 Å². The molecule has 0 aliphatic heterocycles. The second kappa shape index (κ2) is 4.67. The van der Waals surface area contributed by atoms with E-state index in [1.165, 1.54) is 12.3 Å². The Morgan fingerprint density at radius 2 is 1.76 bits per heavy atom. The predicted octanol–water partition coefficient (Wildman–Crippen LogP) is 2.04. The van der Waals surface area contributed by atoms with Crippen LogP contribution in [0.2, 0.25) is 0 Å². The van der Waals surface area contributed by atoms with Crippen molar-refractivity contribution in [3.63, 3.8) is 0 Å². The molecule has 3 N–H and O–H groups in total. The van der Waals surface area contributed by atoms with Gasteiger partial charge in [0.2, 0.25) is 0 Å². The highest BCUT2D eigenvalue weighted by Crippen LogP contribution is 2.17. The fraction of sp³-hybridized carbons (Fsp3) is 0. The average molecular weight is 228 g/mol. The third-order valence-electron chi connectivity index (χ3n) is 2.34. The van der Waals surface area contributed by atoms with Crippen molar-refractivity contribution >= 4 is 17.2 Å². The molecular formula is C13H12N2O2. The van der Waals surface area contributed by atoms with Crippen LogP contribution >= 0.6 is 0 Å². The molecule has 4 heteroatoms. The number of anilines is 2. The van der Waals surface area contributed by atoms with Crippen LogP contribution in [0.1, 0.15) is 0 Å². The molecule has 0 amide bonds. The molecule has 1 aliphatic rings. The number of allylic oxidation sites excluding steroid dienone is 5. The second-order valence-corrected chi connectivity index (χ2v) is 3.60. The molecule has 1 aliphatic carbocycles. The number of carbonyl (C=O) groups is 1. The van der Waals surface area contributed by atoms with E-state index in [0.29, 0.717) is 16.9 Å². The van der Waals surface area contributed by atoms with Crippen molar-refractivity contribution in [2.45, 2.75) is 0 Å². The zero-order valence-electron chi connectivity index (χ0n) is 9.08. The molecule has 0 heterocycles. The molecule has 17 heavy (non-hydrogen) atoms. The lowest BCUT2D eigenvalue weighted by molar-refractivity contribution is -0.111. The molecule has 1 aromatic carbocycles. The van der Waals surface area contributed by atoms with Crippen molar-refractivity contribution in [1.29, 1.82) is 0 Å². The maximum Gasteiger partial charge on any atom is 0.187 e. The van der Waals surface area contributed by atoms with Crippen LogP contribution in [-0.4, -0.2) is 11.0 Å². The van der Waals surface area contributed by atoms with Crippen LogP contribution in [0.15, 0.2) is 60.3 Å². The number of hydrogen-bond acceptors (Lipinski definition) is 4. The van der Waals surface area contributed by atoms with E-state index in [-0.39, 0.29) is 5.78 Å². The van der Waals surface area contributed by atoms with E-state index in [1.54, 1.807) is 42.5 Å². The minimum Gasteiger partial charge on any atom is -0.399 e. The summed E-state index contributed by atoms with van der Waals surface area (Å²) in [7, 11) is 0. The van der Waals surface area contributed by atoms with Gasteiger partial charge >= 0.3 is 0 Å². The van der Waals surface area contributed by atoms with Crippen LogP contribution in [0.4, 0.5) is 11.4 Å². The summed E-state index contributed by atoms with van der Waals surface area (Å²) in [5.74, 6) is -0.137. The van der Waals surface area contributed by atoms with Gasteiger partial charge in [-0.1, -0.05) is 12.2 Å². The highest BCUT2D eigenvalue weighted by atomic mass is 16.5. The molecule has 86 valence electrons. The molecule has 0 saturated heterocycles. The van der Waals surface area contributed by atoms with Crippen LogP contribution in [0.3, 0.4) is 0 Å². The van der Waals surface area contributed by atoms with Gasteiger partial charge in [0.1, 0.15) is 0 Å². The topological polar surface area (TPSA) is 66.6 Å². The molecule has 1 aromatic rings. The summed E-state index contributed by atoms with van der Waals surface area (Å²) < 4.78 is 0. The normalized spacial score (nSPS) is 16.5. The van der Waals surface area contributed by atoms with Crippen LogP contribution in [-0.2, 0) is 4.79 Å². The first-order valence-electron chi connectivity index (χ1n) is 5.11. The number of nitrogens with two attached hydrogens (primary N) is 1. The fourth-order valence-electron chi connectivity index (χ4n) is 1.42. The minimum atomic E-state index is -0.137. The number of benzene rings is 1. The van der Waals surface area contributed by atoms with E-state index in [1.807, 2.05) is 0 Å². The lowest BCUT2D eigenvalue weighted by Crippen LogP contribution is -2.13. The van der Waals surface area contributed by atoms with E-state index in [0.717, 1.165) is 5.06 Å². The highest BCUT2D eigenvalue weighted by Gasteiger charge is 2.08. The Labute approximate surface area is 98.9 Å². The number of nitrogen functional groups attached to an aromatic ring is 1. The van der Waals surface area contributed by atoms with Crippen LogP contribution in [0, 0.1) is 0 Å². The summed E-state index contributed by atoms with van der Waals surface area (Å²) in [5, 5.41) is 10.7. The number of nitrogens with zero attached hydrogens (tertiary/aromatic N) is 1. The summed E-state index contributed by atoms with van der Waals surface area (Å²) in [5.41, 5.74) is 7.13. The summed E-state index contributed by atoms with van der Waals surface area (Å²) in [6, 6.07) is 6.68. The zero-order valence-corrected chi connectivity index (χ0v) is 9.08. The largest absolute Gasteiger partial charge is 0.399 e. The highest BCUT2D eigenvalue weighted by molar-refractivity contribution is 6.07. The third kappa shape index (κ3) is 2.62. The smallest absolute Gasteiger partial charge is 0.187 e. The Morgan fingerprint density at radius 1 is 1.12 bits per heavy atom. The Hall–Kier alpha value is -2.33. The van der Waals surface area contributed by atoms with Crippen LogP contribution in [0.25, 0.3) is 0 Å². The maximum atomic E-state index is 11.5. The molecule has 0 saturated carbocycles. The Balaban J connectivity index is 2.21. The Bertz CT molecular complexity index is 513. The monoisotopic (exact) mass is 228 g/mol. The summed E-state index contributed by atoms with van der Waals surface area (Å²) in [4.78, 5) is 11.5. The van der Waals surface area contributed by atoms with E-state index in [4.69, 9.17) is 5.73 Å². The number of hydroxylamine groups is 1.